The third-order valence-corrected chi connectivity index (χ3v) is 5.94. The Morgan fingerprint density at radius 2 is 1.79 bits per heavy atom. The van der Waals surface area contributed by atoms with Gasteiger partial charge in [-0.1, -0.05) is 24.3 Å². The topological polar surface area (TPSA) is 52.6 Å². The highest BCUT2D eigenvalue weighted by Gasteiger charge is 2.11. The lowest BCUT2D eigenvalue weighted by Gasteiger charge is -2.14. The summed E-state index contributed by atoms with van der Waals surface area (Å²) in [4.78, 5) is 13.1. The number of nitrogens with zero attached hydrogens (tertiary/aromatic N) is 3. The van der Waals surface area contributed by atoms with Crippen LogP contribution >= 0.6 is 35.3 Å². The Kier molecular flexibility index (Phi) is 9.67. The molecule has 0 atom stereocenters. The van der Waals surface area contributed by atoms with E-state index in [9.17, 15) is 0 Å². The van der Waals surface area contributed by atoms with E-state index in [2.05, 4.69) is 65.6 Å². The average Bonchev–Trinajstić information content (AvgIpc) is 3.28. The first-order valence-corrected chi connectivity index (χ1v) is 10.7. The second kappa shape index (κ2) is 11.7. The summed E-state index contributed by atoms with van der Waals surface area (Å²) in [5.41, 5.74) is 3.75. The van der Waals surface area contributed by atoms with Gasteiger partial charge in [0, 0.05) is 18.0 Å². The van der Waals surface area contributed by atoms with Crippen molar-refractivity contribution in [3.63, 3.8) is 0 Å². The number of likely N-dealkylation sites (tertiary alicyclic amines) is 1. The molecule has 5 nitrogen and oxygen atoms in total. The fraction of sp³-hybridized carbons (Fsp3) is 0.524. The van der Waals surface area contributed by atoms with Crippen LogP contribution in [0.15, 0.2) is 29.3 Å². The van der Waals surface area contributed by atoms with Crippen molar-refractivity contribution in [1.29, 1.82) is 0 Å². The Balaban J connectivity index is 0.00000280. The molecule has 1 aliphatic heterocycles. The molecule has 0 amide bonds. The molecule has 1 saturated heterocycles. The molecule has 0 radical (unpaired) electrons. The molecule has 154 valence electrons. The van der Waals surface area contributed by atoms with Gasteiger partial charge in [-0.3, -0.25) is 4.90 Å². The smallest absolute Gasteiger partial charge is 0.191 e. The van der Waals surface area contributed by atoms with E-state index in [1.165, 1.54) is 41.9 Å². The van der Waals surface area contributed by atoms with Crippen LogP contribution in [0.2, 0.25) is 0 Å². The number of nitrogens with one attached hydrogen (secondary N) is 2. The zero-order valence-corrected chi connectivity index (χ0v) is 20.3. The van der Waals surface area contributed by atoms with Gasteiger partial charge >= 0.3 is 0 Å². The van der Waals surface area contributed by atoms with Crippen LogP contribution in [0, 0.1) is 13.8 Å². The van der Waals surface area contributed by atoms with Crippen molar-refractivity contribution in [2.45, 2.75) is 53.2 Å². The monoisotopic (exact) mass is 513 g/mol. The molecule has 7 heteroatoms. The predicted molar refractivity (Wildman–Crippen MR) is 130 cm³/mol. The molecular weight excluding hydrogens is 481 g/mol. The van der Waals surface area contributed by atoms with Crippen LogP contribution in [-0.2, 0) is 19.6 Å². The van der Waals surface area contributed by atoms with Crippen molar-refractivity contribution in [3.05, 3.63) is 51.0 Å². The van der Waals surface area contributed by atoms with Gasteiger partial charge < -0.3 is 10.6 Å². The minimum absolute atomic E-state index is 0. The summed E-state index contributed by atoms with van der Waals surface area (Å²) in [5.74, 6) is 0.837. The number of halogens is 1. The van der Waals surface area contributed by atoms with Gasteiger partial charge in [-0.15, -0.1) is 35.3 Å². The summed E-state index contributed by atoms with van der Waals surface area (Å²) in [6.07, 6.45) is 2.68. The van der Waals surface area contributed by atoms with Crippen molar-refractivity contribution < 1.29 is 0 Å². The zero-order valence-electron chi connectivity index (χ0n) is 17.1. The SMILES string of the molecule is CCNC(=NCc1ccc(CN2CCCC2)cc1)NCc1nc(C)c(C)s1.I. The number of hydrogen-bond donors (Lipinski definition) is 2. The zero-order chi connectivity index (χ0) is 19.1. The van der Waals surface area contributed by atoms with Crippen molar-refractivity contribution in [2.75, 3.05) is 19.6 Å². The van der Waals surface area contributed by atoms with E-state index in [0.717, 1.165) is 29.8 Å². The number of aryl methyl sites for hydroxylation is 2. The number of rotatable bonds is 7. The summed E-state index contributed by atoms with van der Waals surface area (Å²) in [7, 11) is 0. The third kappa shape index (κ3) is 7.00. The molecular formula is C21H32IN5S. The van der Waals surface area contributed by atoms with Gasteiger partial charge in [-0.25, -0.2) is 9.98 Å². The lowest BCUT2D eigenvalue weighted by Crippen LogP contribution is -2.36. The van der Waals surface area contributed by atoms with Crippen LogP contribution in [-0.4, -0.2) is 35.5 Å². The maximum absolute atomic E-state index is 4.72. The second-order valence-corrected chi connectivity index (χ2v) is 8.39. The molecule has 0 saturated carbocycles. The highest BCUT2D eigenvalue weighted by atomic mass is 127. The van der Waals surface area contributed by atoms with Gasteiger partial charge in [0.05, 0.1) is 18.8 Å². The molecule has 0 unspecified atom stereocenters. The Hall–Kier alpha value is -1.19. The lowest BCUT2D eigenvalue weighted by atomic mass is 10.1. The molecule has 2 heterocycles. The van der Waals surface area contributed by atoms with Crippen molar-refractivity contribution in [3.8, 4) is 0 Å². The van der Waals surface area contributed by atoms with Crippen LogP contribution in [0.3, 0.4) is 0 Å². The molecule has 2 aromatic rings. The first kappa shape index (κ1) is 23.1. The Morgan fingerprint density at radius 3 is 2.39 bits per heavy atom. The predicted octanol–water partition coefficient (Wildman–Crippen LogP) is 4.23. The molecule has 2 N–H and O–H groups in total. The molecule has 28 heavy (non-hydrogen) atoms. The second-order valence-electron chi connectivity index (χ2n) is 7.10. The number of thiazole rings is 1. The maximum atomic E-state index is 4.72. The molecule has 0 spiro atoms. The van der Waals surface area contributed by atoms with Crippen molar-refractivity contribution in [1.82, 2.24) is 20.5 Å². The summed E-state index contributed by atoms with van der Waals surface area (Å²) >= 11 is 1.74. The summed E-state index contributed by atoms with van der Waals surface area (Å²) in [5, 5.41) is 7.80. The first-order chi connectivity index (χ1) is 13.1. The minimum atomic E-state index is 0. The van der Waals surface area contributed by atoms with Crippen LogP contribution in [0.1, 0.15) is 46.5 Å². The van der Waals surface area contributed by atoms with Gasteiger partial charge in [-0.05, 0) is 57.8 Å². The van der Waals surface area contributed by atoms with E-state index in [1.807, 2.05) is 0 Å². The summed E-state index contributed by atoms with van der Waals surface area (Å²) in [6, 6.07) is 8.88. The molecule has 0 bridgehead atoms. The van der Waals surface area contributed by atoms with E-state index in [1.54, 1.807) is 11.3 Å². The quantitative estimate of drug-likeness (QED) is 0.331. The number of guanidine groups is 1. The fourth-order valence-electron chi connectivity index (χ4n) is 3.24. The van der Waals surface area contributed by atoms with Gasteiger partial charge in [0.1, 0.15) is 5.01 Å². The van der Waals surface area contributed by atoms with Gasteiger partial charge in [0.2, 0.25) is 0 Å². The molecule has 1 aromatic heterocycles. The normalized spacial score (nSPS) is 14.8. The fourth-order valence-corrected chi connectivity index (χ4v) is 4.11. The van der Waals surface area contributed by atoms with Gasteiger partial charge in [0.25, 0.3) is 0 Å². The maximum Gasteiger partial charge on any atom is 0.191 e. The van der Waals surface area contributed by atoms with Crippen LogP contribution in [0.4, 0.5) is 0 Å². The Morgan fingerprint density at radius 1 is 1.11 bits per heavy atom. The van der Waals surface area contributed by atoms with Crippen LogP contribution in [0.5, 0.6) is 0 Å². The van der Waals surface area contributed by atoms with Crippen molar-refractivity contribution >= 4 is 41.3 Å². The number of benzene rings is 1. The van der Waals surface area contributed by atoms with Crippen LogP contribution in [0.25, 0.3) is 0 Å². The van der Waals surface area contributed by atoms with E-state index < -0.39 is 0 Å². The molecule has 1 fully saturated rings. The number of aromatic nitrogens is 1. The lowest BCUT2D eigenvalue weighted by molar-refractivity contribution is 0.331. The number of aliphatic imine (C=N–C) groups is 1. The minimum Gasteiger partial charge on any atom is -0.357 e. The Bertz CT molecular complexity index is 731. The van der Waals surface area contributed by atoms with Gasteiger partial charge in [0.15, 0.2) is 5.96 Å². The summed E-state index contributed by atoms with van der Waals surface area (Å²) < 4.78 is 0. The van der Waals surface area contributed by atoms with Crippen molar-refractivity contribution in [2.24, 2.45) is 4.99 Å². The summed E-state index contributed by atoms with van der Waals surface area (Å²) in [6.45, 7) is 12.0. The molecule has 1 aliphatic rings. The third-order valence-electron chi connectivity index (χ3n) is 4.87. The highest BCUT2D eigenvalue weighted by molar-refractivity contribution is 14.0. The first-order valence-electron chi connectivity index (χ1n) is 9.89. The van der Waals surface area contributed by atoms with Gasteiger partial charge in [-0.2, -0.15) is 0 Å². The van der Waals surface area contributed by atoms with E-state index in [4.69, 9.17) is 4.99 Å². The van der Waals surface area contributed by atoms with E-state index >= 15 is 0 Å². The van der Waals surface area contributed by atoms with E-state index in [0.29, 0.717) is 13.1 Å². The van der Waals surface area contributed by atoms with E-state index in [-0.39, 0.29) is 24.0 Å². The average molecular weight is 513 g/mol. The molecule has 0 aliphatic carbocycles. The standard InChI is InChI=1S/C21H31N5S.HI/c1-4-22-21(24-14-20-25-16(2)17(3)27-20)23-13-18-7-9-19(10-8-18)15-26-11-5-6-12-26;/h7-10H,4-6,11-15H2,1-3H3,(H2,22,23,24);1H. The highest BCUT2D eigenvalue weighted by Crippen LogP contribution is 2.16. The largest absolute Gasteiger partial charge is 0.357 e. The number of hydrogen-bond acceptors (Lipinski definition) is 4. The Labute approximate surface area is 190 Å². The van der Waals surface area contributed by atoms with Crippen LogP contribution < -0.4 is 10.6 Å². The molecule has 1 aromatic carbocycles. The molecule has 3 rings (SSSR count).